The van der Waals surface area contributed by atoms with Crippen molar-refractivity contribution in [2.75, 3.05) is 11.1 Å². The Balaban J connectivity index is 2.55. The highest BCUT2D eigenvalue weighted by Gasteiger charge is 2.38. The summed E-state index contributed by atoms with van der Waals surface area (Å²) in [4.78, 5) is 41.8. The minimum Gasteiger partial charge on any atom is -0.444 e. The van der Waals surface area contributed by atoms with Gasteiger partial charge >= 0.3 is 6.09 Å². The molecule has 2 atom stereocenters. The van der Waals surface area contributed by atoms with Crippen molar-refractivity contribution >= 4 is 36.2 Å². The molecule has 0 aliphatic carbocycles. The van der Waals surface area contributed by atoms with Crippen molar-refractivity contribution in [3.8, 4) is 0 Å². The van der Waals surface area contributed by atoms with E-state index in [0.29, 0.717) is 5.69 Å². The number of hydrogen-bond donors (Lipinski definition) is 3. The molecule has 2 rings (SSSR count). The first-order chi connectivity index (χ1) is 16.8. The highest BCUT2D eigenvalue weighted by Crippen LogP contribution is 2.31. The summed E-state index contributed by atoms with van der Waals surface area (Å²) in [7, 11) is 0. The summed E-state index contributed by atoms with van der Waals surface area (Å²) in [6.07, 6.45) is -0.716. The van der Waals surface area contributed by atoms with Crippen molar-refractivity contribution in [1.29, 1.82) is 0 Å². The summed E-state index contributed by atoms with van der Waals surface area (Å²) < 4.78 is 5.35. The Morgan fingerprint density at radius 1 is 0.944 bits per heavy atom. The zero-order chi connectivity index (χ0) is 27.2. The van der Waals surface area contributed by atoms with E-state index < -0.39 is 29.7 Å². The lowest BCUT2D eigenvalue weighted by Crippen LogP contribution is -2.55. The summed E-state index contributed by atoms with van der Waals surface area (Å²) in [6.45, 7) is 14.7. The maximum absolute atomic E-state index is 13.9. The zero-order valence-corrected chi connectivity index (χ0v) is 23.4. The molecular formula is C28H39N3O4S. The van der Waals surface area contributed by atoms with Crippen LogP contribution in [0.2, 0.25) is 0 Å². The van der Waals surface area contributed by atoms with Gasteiger partial charge in [-0.1, -0.05) is 36.4 Å². The molecule has 2 aromatic carbocycles. The van der Waals surface area contributed by atoms with E-state index in [4.69, 9.17) is 4.74 Å². The standard InChI is InChI=1S/C28H39N3O4S/c1-17(2)31(26(33)22(16-36)30-27(34)35-28(6,7)8)24(23-19(4)13-11-14-20(23)5)25(32)29-21-15-10-9-12-18(21)3/h9-15,17,22,24,36H,16H2,1-8H3,(H,29,32)(H,30,34). The van der Waals surface area contributed by atoms with E-state index in [-0.39, 0.29) is 17.7 Å². The normalized spacial score (nSPS) is 13.1. The summed E-state index contributed by atoms with van der Waals surface area (Å²) in [6, 6.07) is 11.0. The maximum Gasteiger partial charge on any atom is 0.408 e. The third kappa shape index (κ3) is 7.50. The number of amides is 3. The summed E-state index contributed by atoms with van der Waals surface area (Å²) in [5.41, 5.74) is 3.39. The SMILES string of the molecule is Cc1ccccc1NC(=O)C(c1c(C)cccc1C)N(C(=O)C(CS)NC(=O)OC(C)(C)C)C(C)C. The van der Waals surface area contributed by atoms with Crippen LogP contribution in [0.3, 0.4) is 0 Å². The number of para-hydroxylation sites is 1. The number of benzene rings is 2. The number of hydrogen-bond acceptors (Lipinski definition) is 5. The van der Waals surface area contributed by atoms with Gasteiger partial charge < -0.3 is 20.3 Å². The van der Waals surface area contributed by atoms with Crippen LogP contribution in [0, 0.1) is 20.8 Å². The lowest BCUT2D eigenvalue weighted by atomic mass is 9.92. The number of carbonyl (C=O) groups excluding carboxylic acids is 3. The van der Waals surface area contributed by atoms with Crippen molar-refractivity contribution in [1.82, 2.24) is 10.2 Å². The number of carbonyl (C=O) groups is 3. The first kappa shape index (κ1) is 29.2. The molecule has 0 aliphatic rings. The number of alkyl carbamates (subject to hydrolysis) is 1. The van der Waals surface area contributed by atoms with Crippen molar-refractivity contribution in [3.63, 3.8) is 0 Å². The van der Waals surface area contributed by atoms with Crippen molar-refractivity contribution in [3.05, 3.63) is 64.7 Å². The third-order valence-electron chi connectivity index (χ3n) is 5.73. The van der Waals surface area contributed by atoms with Crippen LogP contribution in [0.1, 0.15) is 62.9 Å². The van der Waals surface area contributed by atoms with E-state index in [2.05, 4.69) is 23.3 Å². The molecule has 0 bridgehead atoms. The van der Waals surface area contributed by atoms with Gasteiger partial charge in [0.05, 0.1) is 0 Å². The highest BCUT2D eigenvalue weighted by molar-refractivity contribution is 7.80. The van der Waals surface area contributed by atoms with Gasteiger partial charge in [-0.15, -0.1) is 0 Å². The van der Waals surface area contributed by atoms with Crippen LogP contribution in [-0.2, 0) is 14.3 Å². The van der Waals surface area contributed by atoms with Gasteiger partial charge in [-0.2, -0.15) is 12.6 Å². The number of ether oxygens (including phenoxy) is 1. The maximum atomic E-state index is 13.9. The third-order valence-corrected chi connectivity index (χ3v) is 6.09. The molecule has 0 saturated heterocycles. The molecule has 2 unspecified atom stereocenters. The van der Waals surface area contributed by atoms with Crippen molar-refractivity contribution < 1.29 is 19.1 Å². The Labute approximate surface area is 220 Å². The number of nitrogens with zero attached hydrogens (tertiary/aromatic N) is 1. The second-order valence-corrected chi connectivity index (χ2v) is 10.6. The minimum atomic E-state index is -0.983. The van der Waals surface area contributed by atoms with Crippen molar-refractivity contribution in [2.45, 2.75) is 79.1 Å². The zero-order valence-electron chi connectivity index (χ0n) is 22.5. The van der Waals surface area contributed by atoms with Gasteiger partial charge in [-0.3, -0.25) is 9.59 Å². The topological polar surface area (TPSA) is 87.7 Å². The minimum absolute atomic E-state index is 0.0418. The second kappa shape index (κ2) is 12.3. The molecule has 7 nitrogen and oxygen atoms in total. The Morgan fingerprint density at radius 3 is 2.00 bits per heavy atom. The summed E-state index contributed by atoms with van der Waals surface area (Å²) in [5, 5.41) is 5.65. The van der Waals surface area contributed by atoms with Gasteiger partial charge in [-0.05, 0) is 83.7 Å². The molecule has 2 N–H and O–H groups in total. The van der Waals surface area contributed by atoms with E-state index in [0.717, 1.165) is 22.3 Å². The molecule has 0 fully saturated rings. The fraction of sp³-hybridized carbons (Fsp3) is 0.464. The largest absolute Gasteiger partial charge is 0.444 e. The average molecular weight is 514 g/mol. The molecule has 0 aliphatic heterocycles. The molecule has 0 heterocycles. The molecule has 0 saturated carbocycles. The lowest BCUT2D eigenvalue weighted by Gasteiger charge is -2.38. The number of anilines is 1. The Hall–Kier alpha value is -3.00. The molecule has 196 valence electrons. The van der Waals surface area contributed by atoms with Gasteiger partial charge in [-0.25, -0.2) is 4.79 Å². The fourth-order valence-electron chi connectivity index (χ4n) is 4.06. The summed E-state index contributed by atoms with van der Waals surface area (Å²) in [5.74, 6) is -0.711. The van der Waals surface area contributed by atoms with Crippen molar-refractivity contribution in [2.24, 2.45) is 0 Å². The summed E-state index contributed by atoms with van der Waals surface area (Å²) >= 11 is 4.33. The molecule has 0 radical (unpaired) electrons. The average Bonchev–Trinajstić information content (AvgIpc) is 2.76. The molecule has 2 aromatic rings. The molecule has 0 spiro atoms. The number of aryl methyl sites for hydroxylation is 3. The number of rotatable bonds is 8. The van der Waals surface area contributed by atoms with Crippen LogP contribution in [0.4, 0.5) is 10.5 Å². The van der Waals surface area contributed by atoms with Gasteiger partial charge in [0.15, 0.2) is 0 Å². The quantitative estimate of drug-likeness (QED) is 0.415. The van der Waals surface area contributed by atoms with Gasteiger partial charge in [0.1, 0.15) is 17.7 Å². The lowest BCUT2D eigenvalue weighted by molar-refractivity contribution is -0.142. The molecule has 36 heavy (non-hydrogen) atoms. The van der Waals surface area contributed by atoms with E-state index in [1.165, 1.54) is 4.90 Å². The Bertz CT molecular complexity index is 1070. The van der Waals surface area contributed by atoms with E-state index in [9.17, 15) is 14.4 Å². The van der Waals surface area contributed by atoms with Crippen LogP contribution in [0.15, 0.2) is 42.5 Å². The van der Waals surface area contributed by atoms with E-state index >= 15 is 0 Å². The first-order valence-corrected chi connectivity index (χ1v) is 12.7. The predicted molar refractivity (Wildman–Crippen MR) is 147 cm³/mol. The van der Waals surface area contributed by atoms with Gasteiger partial charge in [0, 0.05) is 17.5 Å². The van der Waals surface area contributed by atoms with Gasteiger partial charge in [0.2, 0.25) is 5.91 Å². The number of nitrogens with one attached hydrogen (secondary N) is 2. The van der Waals surface area contributed by atoms with E-state index in [1.807, 2.05) is 77.1 Å². The van der Waals surface area contributed by atoms with Crippen LogP contribution < -0.4 is 10.6 Å². The first-order valence-electron chi connectivity index (χ1n) is 12.1. The molecular weight excluding hydrogens is 474 g/mol. The van der Waals surface area contributed by atoms with Crippen LogP contribution in [0.5, 0.6) is 0 Å². The molecule has 3 amide bonds. The molecule has 8 heteroatoms. The Kier molecular flexibility index (Phi) is 9.99. The Morgan fingerprint density at radius 2 is 1.50 bits per heavy atom. The van der Waals surface area contributed by atoms with Crippen LogP contribution in [-0.4, -0.2) is 46.2 Å². The van der Waals surface area contributed by atoms with Crippen LogP contribution >= 0.6 is 12.6 Å². The monoisotopic (exact) mass is 513 g/mol. The fourth-order valence-corrected chi connectivity index (χ4v) is 4.31. The van der Waals surface area contributed by atoms with Crippen LogP contribution in [0.25, 0.3) is 0 Å². The predicted octanol–water partition coefficient (Wildman–Crippen LogP) is 5.35. The smallest absolute Gasteiger partial charge is 0.408 e. The highest BCUT2D eigenvalue weighted by atomic mass is 32.1. The molecule has 0 aromatic heterocycles. The van der Waals surface area contributed by atoms with E-state index in [1.54, 1.807) is 20.8 Å². The van der Waals surface area contributed by atoms with Gasteiger partial charge in [0.25, 0.3) is 5.91 Å². The number of thiol groups is 1. The second-order valence-electron chi connectivity index (χ2n) is 10.2.